The zero-order valence-corrected chi connectivity index (χ0v) is 43.1. The van der Waals surface area contributed by atoms with Crippen molar-refractivity contribution in [3.8, 4) is 0 Å². The van der Waals surface area contributed by atoms with Gasteiger partial charge in [-0.2, -0.15) is 13.2 Å². The van der Waals surface area contributed by atoms with E-state index in [0.29, 0.717) is 6.04 Å². The van der Waals surface area contributed by atoms with Gasteiger partial charge in [0.25, 0.3) is 0 Å². The van der Waals surface area contributed by atoms with Crippen molar-refractivity contribution in [1.29, 1.82) is 0 Å². The van der Waals surface area contributed by atoms with Gasteiger partial charge in [-0.05, 0) is 112 Å². The highest BCUT2D eigenvalue weighted by Crippen LogP contribution is 2.28. The largest absolute Gasteiger partial charge is 0.416 e. The molecule has 1 aliphatic heterocycles. The monoisotopic (exact) mass is 913 g/mol. The third-order valence-corrected chi connectivity index (χ3v) is 11.4. The molecule has 0 spiro atoms. The molecule has 0 radical (unpaired) electrons. The highest BCUT2D eigenvalue weighted by Gasteiger charge is 2.29. The first-order chi connectivity index (χ1) is 32.0. The van der Waals surface area contributed by atoms with Crippen molar-refractivity contribution in [2.45, 2.75) is 152 Å². The van der Waals surface area contributed by atoms with Gasteiger partial charge in [0.1, 0.15) is 0 Å². The van der Waals surface area contributed by atoms with Gasteiger partial charge >= 0.3 is 6.18 Å². The van der Waals surface area contributed by atoms with Crippen LogP contribution in [0.1, 0.15) is 140 Å². The average Bonchev–Trinajstić information content (AvgIpc) is 3.36. The summed E-state index contributed by atoms with van der Waals surface area (Å²) in [5, 5.41) is 7.10. The second-order valence-corrected chi connectivity index (χ2v) is 16.2. The number of hydrogen-bond donors (Lipinski definition) is 2. The summed E-state index contributed by atoms with van der Waals surface area (Å²) in [7, 11) is 0. The maximum absolute atomic E-state index is 11.8. The van der Waals surface area contributed by atoms with E-state index in [1.807, 2.05) is 45.9 Å². The zero-order valence-electron chi connectivity index (χ0n) is 43.1. The molecule has 1 unspecified atom stereocenters. The molecule has 1 fully saturated rings. The Labute approximate surface area is 402 Å². The Morgan fingerprint density at radius 1 is 0.697 bits per heavy atom. The molecule has 2 N–H and O–H groups in total. The van der Waals surface area contributed by atoms with E-state index in [9.17, 15) is 13.2 Å². The van der Waals surface area contributed by atoms with E-state index in [2.05, 4.69) is 142 Å². The fraction of sp³-hybridized carbons (Fsp3) is 0.492. The number of piperazine rings is 1. The van der Waals surface area contributed by atoms with Crippen LogP contribution in [0.4, 0.5) is 18.9 Å². The topological polar surface area (TPSA) is 30.5 Å². The molecule has 1 saturated heterocycles. The molecule has 1 atom stereocenters. The Balaban J connectivity index is 0.00000102. The summed E-state index contributed by atoms with van der Waals surface area (Å²) >= 11 is 0. The van der Waals surface area contributed by atoms with E-state index in [0.717, 1.165) is 50.5 Å². The minimum Gasteiger partial charge on any atom is -0.369 e. The number of nitrogens with one attached hydrogen (secondary N) is 2. The van der Waals surface area contributed by atoms with E-state index in [1.165, 1.54) is 111 Å². The highest BCUT2D eigenvalue weighted by molar-refractivity contribution is 5.51. The van der Waals surface area contributed by atoms with Gasteiger partial charge in [-0.1, -0.05) is 177 Å². The Kier molecular flexibility index (Phi) is 35.8. The van der Waals surface area contributed by atoms with Gasteiger partial charge in [0.05, 0.1) is 5.56 Å². The minimum absolute atomic E-state index is 0.323. The Hall–Kier alpha value is -4.59. The summed E-state index contributed by atoms with van der Waals surface area (Å²) in [6.45, 7) is 37.9. The fourth-order valence-corrected chi connectivity index (χ4v) is 7.97. The Morgan fingerprint density at radius 3 is 1.62 bits per heavy atom. The number of benzene rings is 4. The summed E-state index contributed by atoms with van der Waals surface area (Å²) in [6, 6.07) is 32.8. The molecule has 7 heteroatoms. The first-order valence-electron chi connectivity index (χ1n) is 25.1. The number of allylic oxidation sites excluding steroid dienone is 1. The van der Waals surface area contributed by atoms with Crippen molar-refractivity contribution >= 4 is 5.69 Å². The van der Waals surface area contributed by atoms with Gasteiger partial charge in [-0.3, -0.25) is 4.90 Å². The molecular formula is C59H91F3N4. The van der Waals surface area contributed by atoms with Crippen LogP contribution in [0.3, 0.4) is 0 Å². The molecule has 4 nitrogen and oxygen atoms in total. The highest BCUT2D eigenvalue weighted by atomic mass is 19.4. The van der Waals surface area contributed by atoms with Gasteiger partial charge in [-0.25, -0.2) is 0 Å². The van der Waals surface area contributed by atoms with Gasteiger partial charge in [-0.15, -0.1) is 13.2 Å². The van der Waals surface area contributed by atoms with Crippen LogP contribution in [0.15, 0.2) is 141 Å². The number of rotatable bonds is 15. The number of alkyl halides is 3. The maximum atomic E-state index is 11.8. The molecule has 6 rings (SSSR count). The lowest BCUT2D eigenvalue weighted by Gasteiger charge is -2.38. The van der Waals surface area contributed by atoms with E-state index in [-0.39, 0.29) is 0 Å². The molecule has 0 bridgehead atoms. The molecule has 368 valence electrons. The van der Waals surface area contributed by atoms with E-state index in [4.69, 9.17) is 0 Å². The predicted octanol–water partition coefficient (Wildman–Crippen LogP) is 16.3. The van der Waals surface area contributed by atoms with Gasteiger partial charge < -0.3 is 15.5 Å². The third-order valence-electron chi connectivity index (χ3n) is 11.4. The smallest absolute Gasteiger partial charge is 0.369 e. The normalized spacial score (nSPS) is 13.5. The van der Waals surface area contributed by atoms with Crippen LogP contribution >= 0.6 is 0 Å². The first kappa shape index (κ1) is 61.4. The third kappa shape index (κ3) is 25.4. The molecule has 0 aromatic heterocycles. The first-order valence-corrected chi connectivity index (χ1v) is 25.1. The summed E-state index contributed by atoms with van der Waals surface area (Å²) < 4.78 is 35.4. The second-order valence-electron chi connectivity index (χ2n) is 16.2. The summed E-state index contributed by atoms with van der Waals surface area (Å²) in [4.78, 5) is 5.28. The van der Waals surface area contributed by atoms with Gasteiger partial charge in [0.15, 0.2) is 0 Å². The van der Waals surface area contributed by atoms with E-state index >= 15 is 0 Å². The molecule has 1 aliphatic carbocycles. The van der Waals surface area contributed by atoms with Crippen molar-refractivity contribution in [3.63, 3.8) is 0 Å². The Morgan fingerprint density at radius 2 is 1.20 bits per heavy atom. The lowest BCUT2D eigenvalue weighted by Crippen LogP contribution is -2.47. The lowest BCUT2D eigenvalue weighted by atomic mass is 9.92. The predicted molar refractivity (Wildman–Crippen MR) is 285 cm³/mol. The molecule has 66 heavy (non-hydrogen) atoms. The number of hydrogen-bond acceptors (Lipinski definition) is 4. The number of halogens is 3. The van der Waals surface area contributed by atoms with Crippen LogP contribution in [-0.4, -0.2) is 43.7 Å². The zero-order chi connectivity index (χ0) is 49.6. The van der Waals surface area contributed by atoms with Crippen LogP contribution in [0.25, 0.3) is 0 Å². The minimum atomic E-state index is -4.21. The van der Waals surface area contributed by atoms with E-state index < -0.39 is 11.7 Å². The van der Waals surface area contributed by atoms with Gasteiger partial charge in [0.2, 0.25) is 0 Å². The number of aryl methyl sites for hydroxylation is 4. The standard InChI is InChI=1S/C29H50N4.C10H12.C7H5F3.C7H8.2C2H6.C2H4/c1-7-12-25(13-8-2)23-32-17-19-33(20-18-32)27-16-15-24(6)26(21-27)22-31-29(14-9-3)28(10-4)30-11-5;1-2-6-10-8-4-3-7-9(10)5-1;8-7(9,10)6-4-2-1-3-5-6;1-7-5-3-2-4-6-7;3*1-2/h10-11,15-16,21,25,29-31H,5,7-9,12-14,17-20,22-23H2,1-4,6H3;1-2,5-6H,3-4,7-8H2;1-5H;2-6H,1H3;2*1-2H3;1-2H2/b28-10+;;;;;;. The van der Waals surface area contributed by atoms with Crippen LogP contribution in [-0.2, 0) is 25.6 Å². The SMILES string of the molecule is C=C.C=CN/C(=C/C)C(CCC)NCc1cc(N2CCN(CC(CCC)CCC)CC2)ccc1C.CC.CC.Cc1ccccc1.FC(F)(F)c1ccccc1.c1ccc2c(c1)CCCC2. The van der Waals surface area contributed by atoms with Crippen LogP contribution in [0.2, 0.25) is 0 Å². The van der Waals surface area contributed by atoms with Crippen LogP contribution in [0.5, 0.6) is 0 Å². The summed E-state index contributed by atoms with van der Waals surface area (Å²) in [6.07, 6.45) is 12.7. The molecular weight excluding hydrogens is 822 g/mol. The second kappa shape index (κ2) is 38.5. The van der Waals surface area contributed by atoms with E-state index in [1.54, 1.807) is 23.4 Å². The molecule has 0 saturated carbocycles. The fourth-order valence-electron chi connectivity index (χ4n) is 7.97. The van der Waals surface area contributed by atoms with Crippen molar-refractivity contribution in [2.24, 2.45) is 5.92 Å². The van der Waals surface area contributed by atoms with Crippen molar-refractivity contribution in [1.82, 2.24) is 15.5 Å². The Bertz CT molecular complexity index is 1750. The van der Waals surface area contributed by atoms with Crippen molar-refractivity contribution in [2.75, 3.05) is 37.6 Å². The molecule has 0 amide bonds. The quantitative estimate of drug-likeness (QED) is 0.116. The maximum Gasteiger partial charge on any atom is 0.416 e. The van der Waals surface area contributed by atoms with Gasteiger partial charge in [0, 0.05) is 56.7 Å². The van der Waals surface area contributed by atoms with Crippen LogP contribution < -0.4 is 15.5 Å². The van der Waals surface area contributed by atoms with Crippen LogP contribution in [0, 0.1) is 19.8 Å². The van der Waals surface area contributed by atoms with Crippen molar-refractivity contribution in [3.05, 3.63) is 174 Å². The summed E-state index contributed by atoms with van der Waals surface area (Å²) in [5.41, 5.74) is 9.22. The molecule has 1 heterocycles. The molecule has 4 aromatic carbocycles. The van der Waals surface area contributed by atoms with Crippen molar-refractivity contribution < 1.29 is 13.2 Å². The number of nitrogens with zero attached hydrogens (tertiary/aromatic N) is 2. The lowest BCUT2D eigenvalue weighted by molar-refractivity contribution is -0.137. The number of fused-ring (bicyclic) bond motifs is 1. The molecule has 2 aliphatic rings. The average molecular weight is 913 g/mol. The summed E-state index contributed by atoms with van der Waals surface area (Å²) in [5.74, 6) is 0.873. The molecule has 4 aromatic rings. The number of anilines is 1.